The molecule has 1 aromatic rings. The van der Waals surface area contributed by atoms with Gasteiger partial charge < -0.3 is 5.32 Å². The van der Waals surface area contributed by atoms with Crippen molar-refractivity contribution < 1.29 is 4.39 Å². The Balaban J connectivity index is 1.69. The van der Waals surface area contributed by atoms with Crippen LogP contribution >= 0.6 is 11.6 Å². The van der Waals surface area contributed by atoms with Gasteiger partial charge >= 0.3 is 0 Å². The Bertz CT molecular complexity index is 474. The molecule has 0 radical (unpaired) electrons. The number of piperazine rings is 1. The Kier molecular flexibility index (Phi) is 5.15. The fourth-order valence-corrected chi connectivity index (χ4v) is 4.02. The standard InChI is InChI=1S/C17H24ClFN2/c18-15-10-13(6-7-16(15)19)12-21-9-8-20-11-17(21)14-4-2-1-3-5-14/h6-7,10,14,17,20H,1-5,8-9,11-12H2. The average molecular weight is 311 g/mol. The van der Waals surface area contributed by atoms with E-state index in [1.807, 2.05) is 6.07 Å². The van der Waals surface area contributed by atoms with Gasteiger partial charge in [-0.25, -0.2) is 4.39 Å². The summed E-state index contributed by atoms with van der Waals surface area (Å²) in [6.07, 6.45) is 6.85. The van der Waals surface area contributed by atoms with Crippen LogP contribution in [0.5, 0.6) is 0 Å². The van der Waals surface area contributed by atoms with E-state index in [4.69, 9.17) is 11.6 Å². The van der Waals surface area contributed by atoms with Gasteiger partial charge in [0.2, 0.25) is 0 Å². The maximum absolute atomic E-state index is 13.3. The van der Waals surface area contributed by atoms with Crippen LogP contribution in [-0.4, -0.2) is 30.6 Å². The van der Waals surface area contributed by atoms with Gasteiger partial charge in [-0.2, -0.15) is 0 Å². The molecule has 0 bridgehead atoms. The van der Waals surface area contributed by atoms with Gasteiger partial charge in [0, 0.05) is 32.2 Å². The van der Waals surface area contributed by atoms with Crippen molar-refractivity contribution in [1.82, 2.24) is 10.2 Å². The van der Waals surface area contributed by atoms with Crippen molar-refractivity contribution >= 4 is 11.6 Å². The Morgan fingerprint density at radius 2 is 2.05 bits per heavy atom. The molecule has 0 spiro atoms. The summed E-state index contributed by atoms with van der Waals surface area (Å²) in [6.45, 7) is 4.07. The number of nitrogens with zero attached hydrogens (tertiary/aromatic N) is 1. The zero-order chi connectivity index (χ0) is 14.7. The number of nitrogens with one attached hydrogen (secondary N) is 1. The highest BCUT2D eigenvalue weighted by atomic mass is 35.5. The monoisotopic (exact) mass is 310 g/mol. The third kappa shape index (κ3) is 3.77. The molecule has 116 valence electrons. The van der Waals surface area contributed by atoms with E-state index in [1.54, 1.807) is 6.07 Å². The van der Waals surface area contributed by atoms with Crippen molar-refractivity contribution in [3.05, 3.63) is 34.6 Å². The normalized spacial score (nSPS) is 25.1. The lowest BCUT2D eigenvalue weighted by Gasteiger charge is -2.42. The predicted molar refractivity (Wildman–Crippen MR) is 85.1 cm³/mol. The molecule has 1 heterocycles. The molecular weight excluding hydrogens is 287 g/mol. The van der Waals surface area contributed by atoms with E-state index in [0.29, 0.717) is 6.04 Å². The second kappa shape index (κ2) is 7.08. The molecule has 1 aliphatic carbocycles. The molecular formula is C17H24ClFN2. The fourth-order valence-electron chi connectivity index (χ4n) is 3.82. The molecule has 3 rings (SSSR count). The molecule has 2 nitrogen and oxygen atoms in total. The summed E-state index contributed by atoms with van der Waals surface area (Å²) in [4.78, 5) is 2.57. The quantitative estimate of drug-likeness (QED) is 0.912. The van der Waals surface area contributed by atoms with Crippen LogP contribution < -0.4 is 5.32 Å². The summed E-state index contributed by atoms with van der Waals surface area (Å²) < 4.78 is 13.3. The van der Waals surface area contributed by atoms with E-state index < -0.39 is 0 Å². The minimum Gasteiger partial charge on any atom is -0.314 e. The first-order chi connectivity index (χ1) is 10.2. The van der Waals surface area contributed by atoms with E-state index in [-0.39, 0.29) is 10.8 Å². The summed E-state index contributed by atoms with van der Waals surface area (Å²) in [7, 11) is 0. The largest absolute Gasteiger partial charge is 0.314 e. The lowest BCUT2D eigenvalue weighted by molar-refractivity contribution is 0.0860. The lowest BCUT2D eigenvalue weighted by Crippen LogP contribution is -2.54. The van der Waals surface area contributed by atoms with E-state index in [9.17, 15) is 4.39 Å². The van der Waals surface area contributed by atoms with Gasteiger partial charge in [-0.15, -0.1) is 0 Å². The molecule has 2 fully saturated rings. The Hall–Kier alpha value is -0.640. The van der Waals surface area contributed by atoms with E-state index in [2.05, 4.69) is 10.2 Å². The van der Waals surface area contributed by atoms with Gasteiger partial charge in [0.1, 0.15) is 5.82 Å². The second-order valence-corrected chi connectivity index (χ2v) is 6.80. The molecule has 1 unspecified atom stereocenters. The van der Waals surface area contributed by atoms with Crippen LogP contribution in [0.3, 0.4) is 0 Å². The van der Waals surface area contributed by atoms with Gasteiger partial charge in [-0.05, 0) is 36.5 Å². The van der Waals surface area contributed by atoms with Crippen molar-refractivity contribution in [2.45, 2.75) is 44.7 Å². The van der Waals surface area contributed by atoms with Gasteiger partial charge in [0.15, 0.2) is 0 Å². The van der Waals surface area contributed by atoms with Gasteiger partial charge in [0.05, 0.1) is 5.02 Å². The molecule has 21 heavy (non-hydrogen) atoms. The van der Waals surface area contributed by atoms with E-state index in [0.717, 1.165) is 37.7 Å². The lowest BCUT2D eigenvalue weighted by atomic mass is 9.82. The maximum atomic E-state index is 13.3. The number of hydrogen-bond acceptors (Lipinski definition) is 2. The molecule has 1 saturated heterocycles. The first kappa shape index (κ1) is 15.3. The van der Waals surface area contributed by atoms with Crippen molar-refractivity contribution in [3.8, 4) is 0 Å². The average Bonchev–Trinajstić information content (AvgIpc) is 2.52. The molecule has 0 aromatic heterocycles. The summed E-state index contributed by atoms with van der Waals surface area (Å²) >= 11 is 5.91. The summed E-state index contributed by atoms with van der Waals surface area (Å²) in [5.41, 5.74) is 1.11. The summed E-state index contributed by atoms with van der Waals surface area (Å²) in [5, 5.41) is 3.77. The fraction of sp³-hybridized carbons (Fsp3) is 0.647. The Labute approximate surface area is 131 Å². The molecule has 4 heteroatoms. The first-order valence-corrected chi connectivity index (χ1v) is 8.50. The molecule has 1 aromatic carbocycles. The molecule has 0 amide bonds. The van der Waals surface area contributed by atoms with Gasteiger partial charge in [-0.1, -0.05) is 36.9 Å². The highest BCUT2D eigenvalue weighted by molar-refractivity contribution is 6.30. The van der Waals surface area contributed by atoms with Crippen LogP contribution in [0, 0.1) is 11.7 Å². The van der Waals surface area contributed by atoms with Gasteiger partial charge in [0.25, 0.3) is 0 Å². The number of halogens is 2. The van der Waals surface area contributed by atoms with Crippen LogP contribution in [0.15, 0.2) is 18.2 Å². The van der Waals surface area contributed by atoms with Crippen molar-refractivity contribution in [1.29, 1.82) is 0 Å². The van der Waals surface area contributed by atoms with Crippen LogP contribution in [0.25, 0.3) is 0 Å². The van der Waals surface area contributed by atoms with Crippen LogP contribution in [0.4, 0.5) is 4.39 Å². The molecule has 1 atom stereocenters. The maximum Gasteiger partial charge on any atom is 0.141 e. The first-order valence-electron chi connectivity index (χ1n) is 8.13. The highest BCUT2D eigenvalue weighted by Gasteiger charge is 2.30. The van der Waals surface area contributed by atoms with Crippen molar-refractivity contribution in [2.24, 2.45) is 5.92 Å². The van der Waals surface area contributed by atoms with Crippen LogP contribution in [-0.2, 0) is 6.54 Å². The van der Waals surface area contributed by atoms with Gasteiger partial charge in [-0.3, -0.25) is 4.90 Å². The molecule has 2 aliphatic rings. The Morgan fingerprint density at radius 3 is 2.81 bits per heavy atom. The zero-order valence-electron chi connectivity index (χ0n) is 12.5. The van der Waals surface area contributed by atoms with Crippen molar-refractivity contribution in [3.63, 3.8) is 0 Å². The second-order valence-electron chi connectivity index (χ2n) is 6.39. The SMILES string of the molecule is Fc1ccc(CN2CCNCC2C2CCCCC2)cc1Cl. The van der Waals surface area contributed by atoms with Crippen molar-refractivity contribution in [2.75, 3.05) is 19.6 Å². The van der Waals surface area contributed by atoms with E-state index >= 15 is 0 Å². The minimum absolute atomic E-state index is 0.233. The number of hydrogen-bond donors (Lipinski definition) is 1. The smallest absolute Gasteiger partial charge is 0.141 e. The van der Waals surface area contributed by atoms with Crippen LogP contribution in [0.2, 0.25) is 5.02 Å². The summed E-state index contributed by atoms with van der Waals surface area (Å²) in [5.74, 6) is 0.479. The minimum atomic E-state index is -0.329. The molecule has 1 aliphatic heterocycles. The third-order valence-corrected chi connectivity index (χ3v) is 5.25. The summed E-state index contributed by atoms with van der Waals surface area (Å²) in [6, 6.07) is 5.73. The zero-order valence-corrected chi connectivity index (χ0v) is 13.2. The topological polar surface area (TPSA) is 15.3 Å². The van der Waals surface area contributed by atoms with E-state index in [1.165, 1.54) is 38.2 Å². The predicted octanol–water partition coefficient (Wildman–Crippen LogP) is 3.83. The number of benzene rings is 1. The highest BCUT2D eigenvalue weighted by Crippen LogP contribution is 2.30. The van der Waals surface area contributed by atoms with Crippen LogP contribution in [0.1, 0.15) is 37.7 Å². The number of rotatable bonds is 3. The third-order valence-electron chi connectivity index (χ3n) is 4.96. The molecule has 1 N–H and O–H groups in total. The Morgan fingerprint density at radius 1 is 1.24 bits per heavy atom. The molecule has 1 saturated carbocycles.